The molecule has 2 N–H and O–H groups in total. The maximum Gasteiger partial charge on any atom is 0.241 e. The van der Waals surface area contributed by atoms with Crippen LogP contribution in [0.1, 0.15) is 11.1 Å². The highest BCUT2D eigenvalue weighted by atomic mass is 79.9. The van der Waals surface area contributed by atoms with Crippen molar-refractivity contribution >= 4 is 27.5 Å². The van der Waals surface area contributed by atoms with E-state index in [1.54, 1.807) is 12.1 Å². The third kappa shape index (κ3) is 3.14. The van der Waals surface area contributed by atoms with Crippen molar-refractivity contribution in [1.29, 1.82) is 0 Å². The van der Waals surface area contributed by atoms with Crippen LogP contribution in [0.25, 0.3) is 0 Å². The van der Waals surface area contributed by atoms with Crippen LogP contribution in [0.3, 0.4) is 0 Å². The molecule has 1 aliphatic heterocycles. The zero-order valence-corrected chi connectivity index (χ0v) is 12.8. The topological polar surface area (TPSA) is 41.1 Å². The van der Waals surface area contributed by atoms with E-state index in [0.717, 1.165) is 5.56 Å². The summed E-state index contributed by atoms with van der Waals surface area (Å²) >= 11 is 3.19. The summed E-state index contributed by atoms with van der Waals surface area (Å²) in [4.78, 5) is 12.3. The molecule has 1 heterocycles. The Kier molecular flexibility index (Phi) is 4.03. The van der Waals surface area contributed by atoms with Gasteiger partial charge in [-0.05, 0) is 35.7 Å². The first-order valence-corrected chi connectivity index (χ1v) is 7.49. The number of halogens is 2. The number of nitrogens with one attached hydrogen (secondary N) is 2. The van der Waals surface area contributed by atoms with Gasteiger partial charge in [-0.3, -0.25) is 4.79 Å². The standard InChI is InChI=1S/C16H14BrFN2O/c17-12-5-6-14(13(18)8-12)20-16(21)15-7-10-3-1-2-4-11(10)9-19-15/h1-6,8,15,19H,7,9H2,(H,20,21). The van der Waals surface area contributed by atoms with Gasteiger partial charge < -0.3 is 10.6 Å². The van der Waals surface area contributed by atoms with Gasteiger partial charge >= 0.3 is 0 Å². The van der Waals surface area contributed by atoms with Crippen molar-refractivity contribution in [2.24, 2.45) is 0 Å². The average molecular weight is 349 g/mol. The van der Waals surface area contributed by atoms with Gasteiger partial charge in [-0.15, -0.1) is 0 Å². The molecule has 0 radical (unpaired) electrons. The van der Waals surface area contributed by atoms with Gasteiger partial charge in [0.25, 0.3) is 0 Å². The Labute approximate surface area is 130 Å². The van der Waals surface area contributed by atoms with E-state index in [2.05, 4.69) is 26.6 Å². The quantitative estimate of drug-likeness (QED) is 0.874. The molecule has 2 aromatic rings. The first-order chi connectivity index (χ1) is 10.1. The summed E-state index contributed by atoms with van der Waals surface area (Å²) in [5.74, 6) is -0.667. The predicted octanol–water partition coefficient (Wildman–Crippen LogP) is 3.24. The van der Waals surface area contributed by atoms with E-state index in [1.807, 2.05) is 24.3 Å². The first-order valence-electron chi connectivity index (χ1n) is 6.69. The summed E-state index contributed by atoms with van der Waals surface area (Å²) in [7, 11) is 0. The lowest BCUT2D eigenvalue weighted by molar-refractivity contribution is -0.118. The molecular weight excluding hydrogens is 335 g/mol. The Morgan fingerprint density at radius 1 is 1.24 bits per heavy atom. The fourth-order valence-corrected chi connectivity index (χ4v) is 2.78. The minimum atomic E-state index is -0.450. The maximum absolute atomic E-state index is 13.8. The van der Waals surface area contributed by atoms with Crippen LogP contribution < -0.4 is 10.6 Å². The molecule has 3 rings (SSSR count). The number of benzene rings is 2. The van der Waals surface area contributed by atoms with Crippen LogP contribution in [0.15, 0.2) is 46.9 Å². The molecule has 108 valence electrons. The van der Waals surface area contributed by atoms with E-state index in [1.165, 1.54) is 11.6 Å². The summed E-state index contributed by atoms with van der Waals surface area (Å²) in [6.07, 6.45) is 0.611. The lowest BCUT2D eigenvalue weighted by Gasteiger charge is -2.25. The highest BCUT2D eigenvalue weighted by Gasteiger charge is 2.24. The van der Waals surface area contributed by atoms with Gasteiger partial charge in [-0.2, -0.15) is 0 Å². The van der Waals surface area contributed by atoms with E-state index >= 15 is 0 Å². The number of fused-ring (bicyclic) bond motifs is 1. The second-order valence-electron chi connectivity index (χ2n) is 5.02. The van der Waals surface area contributed by atoms with Crippen molar-refractivity contribution in [3.63, 3.8) is 0 Å². The van der Waals surface area contributed by atoms with Crippen molar-refractivity contribution in [3.8, 4) is 0 Å². The lowest BCUT2D eigenvalue weighted by atomic mass is 9.95. The Bertz CT molecular complexity index is 690. The van der Waals surface area contributed by atoms with E-state index in [9.17, 15) is 9.18 Å². The van der Waals surface area contributed by atoms with E-state index in [0.29, 0.717) is 17.4 Å². The Morgan fingerprint density at radius 2 is 2.00 bits per heavy atom. The average Bonchev–Trinajstić information content (AvgIpc) is 2.49. The molecule has 0 aliphatic carbocycles. The van der Waals surface area contributed by atoms with Gasteiger partial charge in [-0.25, -0.2) is 4.39 Å². The molecule has 0 saturated heterocycles. The van der Waals surface area contributed by atoms with Crippen LogP contribution in [-0.4, -0.2) is 11.9 Å². The molecule has 1 amide bonds. The largest absolute Gasteiger partial charge is 0.322 e. The number of anilines is 1. The van der Waals surface area contributed by atoms with Crippen molar-refractivity contribution in [3.05, 3.63) is 63.9 Å². The highest BCUT2D eigenvalue weighted by Crippen LogP contribution is 2.21. The van der Waals surface area contributed by atoms with Gasteiger partial charge in [0.05, 0.1) is 11.7 Å². The van der Waals surface area contributed by atoms with Crippen LogP contribution in [0.2, 0.25) is 0 Å². The molecule has 5 heteroatoms. The third-order valence-electron chi connectivity index (χ3n) is 3.59. The predicted molar refractivity (Wildman–Crippen MR) is 83.5 cm³/mol. The van der Waals surface area contributed by atoms with E-state index in [4.69, 9.17) is 0 Å². The molecule has 0 saturated carbocycles. The SMILES string of the molecule is O=C(Nc1ccc(Br)cc1F)C1Cc2ccccc2CN1. The molecule has 21 heavy (non-hydrogen) atoms. The minimum absolute atomic E-state index is 0.198. The Hall–Kier alpha value is -1.72. The summed E-state index contributed by atoms with van der Waals surface area (Å²) in [5, 5.41) is 5.82. The molecule has 0 fully saturated rings. The molecule has 3 nitrogen and oxygen atoms in total. The highest BCUT2D eigenvalue weighted by molar-refractivity contribution is 9.10. The zero-order chi connectivity index (χ0) is 14.8. The summed E-state index contributed by atoms with van der Waals surface area (Å²) in [5.41, 5.74) is 2.56. The molecule has 1 atom stereocenters. The number of hydrogen-bond acceptors (Lipinski definition) is 2. The van der Waals surface area contributed by atoms with Gasteiger partial charge in [0.15, 0.2) is 0 Å². The Morgan fingerprint density at radius 3 is 2.76 bits per heavy atom. The van der Waals surface area contributed by atoms with Crippen LogP contribution in [0, 0.1) is 5.82 Å². The van der Waals surface area contributed by atoms with Crippen LogP contribution in [0.4, 0.5) is 10.1 Å². The van der Waals surface area contributed by atoms with Crippen molar-refractivity contribution < 1.29 is 9.18 Å². The second kappa shape index (κ2) is 5.95. The van der Waals surface area contributed by atoms with E-state index in [-0.39, 0.29) is 17.6 Å². The van der Waals surface area contributed by atoms with Gasteiger partial charge in [0, 0.05) is 11.0 Å². The maximum atomic E-state index is 13.8. The summed E-state index contributed by atoms with van der Waals surface area (Å²) < 4.78 is 14.4. The number of carbonyl (C=O) groups is 1. The molecular formula is C16H14BrFN2O. The van der Waals surface area contributed by atoms with Gasteiger partial charge in [0.2, 0.25) is 5.91 Å². The van der Waals surface area contributed by atoms with Crippen molar-refractivity contribution in [1.82, 2.24) is 5.32 Å². The first kappa shape index (κ1) is 14.2. The molecule has 2 aromatic carbocycles. The van der Waals surface area contributed by atoms with Crippen LogP contribution in [0.5, 0.6) is 0 Å². The van der Waals surface area contributed by atoms with Gasteiger partial charge in [0.1, 0.15) is 5.82 Å². The number of rotatable bonds is 2. The number of carbonyl (C=O) groups excluding carboxylic acids is 1. The summed E-state index contributed by atoms with van der Waals surface area (Å²) in [6.45, 7) is 0.650. The van der Waals surface area contributed by atoms with Crippen molar-refractivity contribution in [2.45, 2.75) is 19.0 Å². The molecule has 0 bridgehead atoms. The number of amides is 1. The van der Waals surface area contributed by atoms with E-state index < -0.39 is 5.82 Å². The van der Waals surface area contributed by atoms with Crippen LogP contribution in [-0.2, 0) is 17.8 Å². The molecule has 0 spiro atoms. The fourth-order valence-electron chi connectivity index (χ4n) is 2.45. The zero-order valence-electron chi connectivity index (χ0n) is 11.2. The van der Waals surface area contributed by atoms with Crippen molar-refractivity contribution in [2.75, 3.05) is 5.32 Å². The number of hydrogen-bond donors (Lipinski definition) is 2. The third-order valence-corrected chi connectivity index (χ3v) is 4.08. The monoisotopic (exact) mass is 348 g/mol. The second-order valence-corrected chi connectivity index (χ2v) is 5.94. The normalized spacial score (nSPS) is 17.1. The Balaban J connectivity index is 1.72. The molecule has 1 aliphatic rings. The van der Waals surface area contributed by atoms with Gasteiger partial charge in [-0.1, -0.05) is 40.2 Å². The van der Waals surface area contributed by atoms with Crippen LogP contribution >= 0.6 is 15.9 Å². The minimum Gasteiger partial charge on any atom is -0.322 e. The fraction of sp³-hybridized carbons (Fsp3) is 0.188. The molecule has 0 aromatic heterocycles. The lowest BCUT2D eigenvalue weighted by Crippen LogP contribution is -2.44. The molecule has 1 unspecified atom stereocenters. The summed E-state index contributed by atoms with van der Waals surface area (Å²) in [6, 6.07) is 12.3. The smallest absolute Gasteiger partial charge is 0.241 e.